The number of nitro groups is 1. The van der Waals surface area contributed by atoms with E-state index in [2.05, 4.69) is 0 Å². The largest absolute Gasteiger partial charge is 0.271 e. The summed E-state index contributed by atoms with van der Waals surface area (Å²) in [5.74, 6) is 0. The monoisotopic (exact) mass is 268 g/mol. The van der Waals surface area contributed by atoms with Crippen LogP contribution in [0.5, 0.6) is 0 Å². The molecular formula is C11H12N2O4S. The van der Waals surface area contributed by atoms with E-state index in [0.717, 1.165) is 5.56 Å². The third-order valence-corrected chi connectivity index (χ3v) is 5.69. The molecular weight excluding hydrogens is 256 g/mol. The molecule has 0 atom stereocenters. The molecule has 1 fully saturated rings. The zero-order valence-electron chi connectivity index (χ0n) is 9.57. The van der Waals surface area contributed by atoms with Gasteiger partial charge in [0, 0.05) is 18.7 Å². The van der Waals surface area contributed by atoms with Crippen LogP contribution in [0.4, 0.5) is 11.4 Å². The van der Waals surface area contributed by atoms with Crippen molar-refractivity contribution in [2.45, 2.75) is 24.5 Å². The summed E-state index contributed by atoms with van der Waals surface area (Å²) in [7, 11) is -3.31. The fourth-order valence-electron chi connectivity index (χ4n) is 2.26. The van der Waals surface area contributed by atoms with Gasteiger partial charge in [-0.25, -0.2) is 8.42 Å². The Hall–Kier alpha value is -1.63. The lowest BCUT2D eigenvalue weighted by Crippen LogP contribution is -2.32. The Morgan fingerprint density at radius 2 is 2.06 bits per heavy atom. The van der Waals surface area contributed by atoms with Crippen molar-refractivity contribution in [3.63, 3.8) is 0 Å². The number of non-ortho nitro benzene ring substituents is 1. The molecule has 0 amide bonds. The number of fused-ring (bicyclic) bond motifs is 1. The van der Waals surface area contributed by atoms with Gasteiger partial charge in [-0.2, -0.15) is 0 Å². The zero-order valence-corrected chi connectivity index (χ0v) is 10.4. The van der Waals surface area contributed by atoms with Crippen molar-refractivity contribution in [2.24, 2.45) is 0 Å². The van der Waals surface area contributed by atoms with Gasteiger partial charge in [0.1, 0.15) is 0 Å². The highest BCUT2D eigenvalue weighted by Crippen LogP contribution is 2.39. The van der Waals surface area contributed by atoms with Gasteiger partial charge in [0.2, 0.25) is 10.0 Å². The summed E-state index contributed by atoms with van der Waals surface area (Å²) in [6, 6.07) is 4.43. The topological polar surface area (TPSA) is 80.5 Å². The number of nitrogens with zero attached hydrogens (tertiary/aromatic N) is 2. The first-order valence-electron chi connectivity index (χ1n) is 5.79. The molecule has 1 aromatic carbocycles. The maximum Gasteiger partial charge on any atom is 0.271 e. The van der Waals surface area contributed by atoms with E-state index in [4.69, 9.17) is 0 Å². The SMILES string of the molecule is O=[N+]([O-])c1ccc2c(c1)N(S(=O)(=O)C1CC1)CC2. The van der Waals surface area contributed by atoms with Gasteiger partial charge in [-0.1, -0.05) is 6.07 Å². The van der Waals surface area contributed by atoms with Crippen molar-refractivity contribution in [2.75, 3.05) is 10.8 Å². The van der Waals surface area contributed by atoms with E-state index in [1.54, 1.807) is 6.07 Å². The Morgan fingerprint density at radius 3 is 2.67 bits per heavy atom. The molecule has 1 saturated carbocycles. The average molecular weight is 268 g/mol. The molecule has 0 radical (unpaired) electrons. The first-order chi connectivity index (χ1) is 8.50. The quantitative estimate of drug-likeness (QED) is 0.613. The number of anilines is 1. The molecule has 0 spiro atoms. The van der Waals surface area contributed by atoms with Crippen LogP contribution in [0.15, 0.2) is 18.2 Å². The second kappa shape index (κ2) is 3.68. The van der Waals surface area contributed by atoms with Crippen molar-refractivity contribution in [3.8, 4) is 0 Å². The molecule has 1 aromatic rings. The predicted octanol–water partition coefficient (Wildman–Crippen LogP) is 1.45. The standard InChI is InChI=1S/C11H12N2O4S/c14-13(15)9-2-1-8-5-6-12(11(8)7-9)18(16,17)10-3-4-10/h1-2,7,10H,3-6H2. The Kier molecular flexibility index (Phi) is 2.34. The van der Waals surface area contributed by atoms with Crippen LogP contribution in [-0.2, 0) is 16.4 Å². The molecule has 3 rings (SSSR count). The summed E-state index contributed by atoms with van der Waals surface area (Å²) >= 11 is 0. The molecule has 0 unspecified atom stereocenters. The molecule has 0 N–H and O–H groups in total. The van der Waals surface area contributed by atoms with Crippen molar-refractivity contribution in [3.05, 3.63) is 33.9 Å². The lowest BCUT2D eigenvalue weighted by Gasteiger charge is -2.18. The van der Waals surface area contributed by atoms with Gasteiger partial charge in [0.05, 0.1) is 15.9 Å². The average Bonchev–Trinajstić information content (AvgIpc) is 3.08. The number of hydrogen-bond acceptors (Lipinski definition) is 4. The third kappa shape index (κ3) is 1.66. The normalized spacial score (nSPS) is 18.8. The van der Waals surface area contributed by atoms with Gasteiger partial charge in [0.25, 0.3) is 5.69 Å². The van der Waals surface area contributed by atoms with Crippen LogP contribution in [-0.4, -0.2) is 25.1 Å². The molecule has 7 heteroatoms. The van der Waals surface area contributed by atoms with Crippen LogP contribution in [0.1, 0.15) is 18.4 Å². The molecule has 1 aliphatic heterocycles. The second-order valence-corrected chi connectivity index (χ2v) is 6.77. The Balaban J connectivity index is 2.05. The van der Waals surface area contributed by atoms with Gasteiger partial charge in [0.15, 0.2) is 0 Å². The van der Waals surface area contributed by atoms with Crippen LogP contribution in [0, 0.1) is 10.1 Å². The molecule has 0 bridgehead atoms. The summed E-state index contributed by atoms with van der Waals surface area (Å²) in [5, 5.41) is 10.5. The van der Waals surface area contributed by atoms with Crippen molar-refractivity contribution >= 4 is 21.4 Å². The zero-order chi connectivity index (χ0) is 12.9. The Morgan fingerprint density at radius 1 is 1.33 bits per heavy atom. The van der Waals surface area contributed by atoms with Crippen LogP contribution < -0.4 is 4.31 Å². The van der Waals surface area contributed by atoms with E-state index in [-0.39, 0.29) is 10.9 Å². The van der Waals surface area contributed by atoms with Crippen molar-refractivity contribution in [1.82, 2.24) is 0 Å². The molecule has 18 heavy (non-hydrogen) atoms. The van der Waals surface area contributed by atoms with E-state index < -0.39 is 14.9 Å². The number of hydrogen-bond donors (Lipinski definition) is 0. The highest BCUT2D eigenvalue weighted by molar-refractivity contribution is 7.93. The third-order valence-electron chi connectivity index (χ3n) is 3.39. The van der Waals surface area contributed by atoms with Gasteiger partial charge in [-0.3, -0.25) is 14.4 Å². The van der Waals surface area contributed by atoms with Crippen LogP contribution in [0.2, 0.25) is 0 Å². The number of benzene rings is 1. The van der Waals surface area contributed by atoms with Crippen LogP contribution in [0.25, 0.3) is 0 Å². The van der Waals surface area contributed by atoms with E-state index in [0.29, 0.717) is 31.5 Å². The van der Waals surface area contributed by atoms with Crippen molar-refractivity contribution < 1.29 is 13.3 Å². The minimum absolute atomic E-state index is 0.0633. The van der Waals surface area contributed by atoms with Crippen LogP contribution >= 0.6 is 0 Å². The minimum Gasteiger partial charge on any atom is -0.269 e. The van der Waals surface area contributed by atoms with E-state index in [1.807, 2.05) is 0 Å². The first kappa shape index (κ1) is 11.5. The Bertz CT molecular complexity index is 622. The number of sulfonamides is 1. The number of rotatable bonds is 3. The van der Waals surface area contributed by atoms with Crippen LogP contribution in [0.3, 0.4) is 0 Å². The molecule has 1 heterocycles. The highest BCUT2D eigenvalue weighted by Gasteiger charge is 2.42. The molecule has 96 valence electrons. The lowest BCUT2D eigenvalue weighted by molar-refractivity contribution is -0.384. The maximum atomic E-state index is 12.2. The second-order valence-electron chi connectivity index (χ2n) is 4.64. The van der Waals surface area contributed by atoms with E-state index >= 15 is 0 Å². The summed E-state index contributed by atoms with van der Waals surface area (Å²) in [5.41, 5.74) is 1.28. The molecule has 1 aliphatic carbocycles. The molecule has 2 aliphatic rings. The molecule has 0 aromatic heterocycles. The van der Waals surface area contributed by atoms with Gasteiger partial charge >= 0.3 is 0 Å². The fourth-order valence-corrected chi connectivity index (χ4v) is 4.14. The summed E-state index contributed by atoms with van der Waals surface area (Å²) < 4.78 is 25.7. The lowest BCUT2D eigenvalue weighted by atomic mass is 10.1. The minimum atomic E-state index is -3.31. The fraction of sp³-hybridized carbons (Fsp3) is 0.455. The Labute approximate surface area is 104 Å². The highest BCUT2D eigenvalue weighted by atomic mass is 32.2. The van der Waals surface area contributed by atoms with Gasteiger partial charge in [-0.15, -0.1) is 0 Å². The molecule has 0 saturated heterocycles. The van der Waals surface area contributed by atoms with E-state index in [9.17, 15) is 18.5 Å². The maximum absolute atomic E-state index is 12.2. The molecule has 6 nitrogen and oxygen atoms in total. The van der Waals surface area contributed by atoms with Gasteiger partial charge < -0.3 is 0 Å². The van der Waals surface area contributed by atoms with E-state index in [1.165, 1.54) is 16.4 Å². The first-order valence-corrected chi connectivity index (χ1v) is 7.29. The number of nitro benzene ring substituents is 1. The summed E-state index contributed by atoms with van der Waals surface area (Å²) in [4.78, 5) is 10.2. The van der Waals surface area contributed by atoms with Gasteiger partial charge in [-0.05, 0) is 24.8 Å². The predicted molar refractivity (Wildman–Crippen MR) is 66.1 cm³/mol. The summed E-state index contributed by atoms with van der Waals surface area (Å²) in [6.07, 6.45) is 2.02. The van der Waals surface area contributed by atoms with Crippen molar-refractivity contribution in [1.29, 1.82) is 0 Å². The smallest absolute Gasteiger partial charge is 0.269 e. The summed E-state index contributed by atoms with van der Waals surface area (Å²) in [6.45, 7) is 0.398.